The second-order valence-corrected chi connectivity index (χ2v) is 9.17. The molecule has 0 radical (unpaired) electrons. The number of aromatic nitrogens is 1. The average molecular weight is 409 g/mol. The number of pyridine rings is 1. The van der Waals surface area contributed by atoms with Crippen LogP contribution in [-0.4, -0.2) is 52.1 Å². The van der Waals surface area contributed by atoms with Crippen LogP contribution in [0.2, 0.25) is 0 Å². The molecular weight excluding hydrogens is 382 g/mol. The van der Waals surface area contributed by atoms with Gasteiger partial charge in [0.05, 0.1) is 25.7 Å². The monoisotopic (exact) mass is 408 g/mol. The number of methoxy groups -OCH3 is 2. The van der Waals surface area contributed by atoms with Crippen molar-refractivity contribution in [1.82, 2.24) is 8.87 Å². The number of hydrogen-bond acceptors (Lipinski definition) is 5. The van der Waals surface area contributed by atoms with Crippen molar-refractivity contribution in [1.29, 1.82) is 0 Å². The molecule has 28 heavy (non-hydrogen) atoms. The highest BCUT2D eigenvalue weighted by molar-refractivity contribution is 7.89. The van der Waals surface area contributed by atoms with E-state index in [1.165, 1.54) is 47.5 Å². The summed E-state index contributed by atoms with van der Waals surface area (Å²) in [6, 6.07) is 6.64. The maximum absolute atomic E-state index is 12.4. The number of benzene rings is 1. The van der Waals surface area contributed by atoms with Crippen LogP contribution < -0.4 is 19.9 Å². The van der Waals surface area contributed by atoms with Gasteiger partial charge in [-0.15, -0.1) is 0 Å². The highest BCUT2D eigenvalue weighted by Crippen LogP contribution is 2.31. The van der Waals surface area contributed by atoms with E-state index in [9.17, 15) is 13.2 Å². The summed E-state index contributed by atoms with van der Waals surface area (Å²) < 4.78 is 38.1. The van der Waals surface area contributed by atoms with E-state index in [4.69, 9.17) is 9.47 Å². The van der Waals surface area contributed by atoms with Crippen molar-refractivity contribution < 1.29 is 22.8 Å². The first-order valence-corrected chi connectivity index (χ1v) is 10.4. The summed E-state index contributed by atoms with van der Waals surface area (Å²) in [5.74, 6) is 1.39. The minimum absolute atomic E-state index is 0.111. The summed E-state index contributed by atoms with van der Waals surface area (Å²) in [6.45, 7) is 1.94. The standard InChI is InChI=1S/C19H25N3O5S/c1-20(2)28(24,25)16-5-6-19(23)22(12-16)13-21-8-7-14-9-17(26-3)18(27-4)10-15(14)11-21/h5-6,9-10,12H,7-8,11,13H2,1-4H3/p+1. The molecule has 1 aromatic heterocycles. The molecule has 1 atom stereocenters. The molecule has 3 rings (SSSR count). The smallest absolute Gasteiger partial charge is 0.254 e. The maximum atomic E-state index is 12.4. The van der Waals surface area contributed by atoms with Crippen molar-refractivity contribution in [2.45, 2.75) is 24.5 Å². The van der Waals surface area contributed by atoms with Gasteiger partial charge in [0, 0.05) is 38.3 Å². The fourth-order valence-corrected chi connectivity index (χ4v) is 4.32. The van der Waals surface area contributed by atoms with E-state index < -0.39 is 10.0 Å². The Hall–Kier alpha value is -2.36. The molecule has 1 unspecified atom stereocenters. The van der Waals surface area contributed by atoms with Gasteiger partial charge in [-0.25, -0.2) is 12.7 Å². The van der Waals surface area contributed by atoms with Crippen LogP contribution in [-0.2, 0) is 29.7 Å². The Kier molecular flexibility index (Phi) is 5.78. The van der Waals surface area contributed by atoms with Crippen molar-refractivity contribution in [2.75, 3.05) is 34.9 Å². The van der Waals surface area contributed by atoms with Crippen molar-refractivity contribution in [2.24, 2.45) is 0 Å². The number of ether oxygens (including phenoxy) is 2. The van der Waals surface area contributed by atoms with Gasteiger partial charge >= 0.3 is 0 Å². The number of fused-ring (bicyclic) bond motifs is 1. The Balaban J connectivity index is 1.85. The van der Waals surface area contributed by atoms with Crippen LogP contribution >= 0.6 is 0 Å². The molecule has 0 fully saturated rings. The molecule has 0 saturated heterocycles. The Morgan fingerprint density at radius 2 is 1.75 bits per heavy atom. The molecule has 2 heterocycles. The summed E-state index contributed by atoms with van der Waals surface area (Å²) >= 11 is 0. The number of hydrogen-bond donors (Lipinski definition) is 1. The van der Waals surface area contributed by atoms with Crippen molar-refractivity contribution >= 4 is 10.0 Å². The van der Waals surface area contributed by atoms with Crippen LogP contribution in [0.3, 0.4) is 0 Å². The Morgan fingerprint density at radius 1 is 1.11 bits per heavy atom. The molecule has 1 N–H and O–H groups in total. The molecule has 1 aromatic carbocycles. The third-order valence-electron chi connectivity index (χ3n) is 5.02. The quantitative estimate of drug-likeness (QED) is 0.711. The average Bonchev–Trinajstić information content (AvgIpc) is 2.68. The van der Waals surface area contributed by atoms with E-state index in [0.717, 1.165) is 22.8 Å². The Bertz CT molecular complexity index is 1030. The summed E-state index contributed by atoms with van der Waals surface area (Å²) in [6.07, 6.45) is 2.27. The van der Waals surface area contributed by atoms with E-state index in [0.29, 0.717) is 24.7 Å². The van der Waals surface area contributed by atoms with E-state index in [-0.39, 0.29) is 10.5 Å². The molecular formula is C19H26N3O5S+. The van der Waals surface area contributed by atoms with Crippen molar-refractivity contribution in [3.05, 3.63) is 51.9 Å². The van der Waals surface area contributed by atoms with Crippen LogP contribution in [0.25, 0.3) is 0 Å². The zero-order valence-corrected chi connectivity index (χ0v) is 17.4. The second-order valence-electron chi connectivity index (χ2n) is 7.02. The fraction of sp³-hybridized carbons (Fsp3) is 0.421. The maximum Gasteiger partial charge on any atom is 0.254 e. The van der Waals surface area contributed by atoms with Crippen molar-refractivity contribution in [3.8, 4) is 11.5 Å². The molecule has 152 valence electrons. The van der Waals surface area contributed by atoms with Gasteiger partial charge in [0.15, 0.2) is 18.2 Å². The third-order valence-corrected chi connectivity index (χ3v) is 6.82. The topological polar surface area (TPSA) is 82.3 Å². The molecule has 0 bridgehead atoms. The van der Waals surface area contributed by atoms with E-state index in [2.05, 4.69) is 0 Å². The van der Waals surface area contributed by atoms with Gasteiger partial charge in [-0.1, -0.05) is 0 Å². The van der Waals surface area contributed by atoms with Gasteiger partial charge in [-0.05, 0) is 23.8 Å². The zero-order valence-electron chi connectivity index (χ0n) is 16.6. The SMILES string of the molecule is COc1cc2c(cc1OC)C[NH+](Cn1cc(S(=O)(=O)N(C)C)ccc1=O)CC2. The Labute approximate surface area is 165 Å². The number of quaternary nitrogens is 1. The molecule has 0 saturated carbocycles. The van der Waals surface area contributed by atoms with E-state index >= 15 is 0 Å². The van der Waals surface area contributed by atoms with Crippen molar-refractivity contribution in [3.63, 3.8) is 0 Å². The van der Waals surface area contributed by atoms with Crippen LogP contribution in [0.1, 0.15) is 11.1 Å². The number of nitrogens with zero attached hydrogens (tertiary/aromatic N) is 2. The van der Waals surface area contributed by atoms with Gasteiger partial charge in [-0.3, -0.25) is 9.36 Å². The lowest BCUT2D eigenvalue weighted by Crippen LogP contribution is -3.11. The minimum Gasteiger partial charge on any atom is -0.493 e. The first kappa shape index (κ1) is 20.4. The Morgan fingerprint density at radius 3 is 2.36 bits per heavy atom. The van der Waals surface area contributed by atoms with Gasteiger partial charge in [0.2, 0.25) is 10.0 Å². The van der Waals surface area contributed by atoms with Gasteiger partial charge in [0.1, 0.15) is 6.54 Å². The summed E-state index contributed by atoms with van der Waals surface area (Å²) in [7, 11) is 2.58. The lowest BCUT2D eigenvalue weighted by Gasteiger charge is -2.27. The molecule has 9 heteroatoms. The largest absolute Gasteiger partial charge is 0.493 e. The first-order chi connectivity index (χ1) is 13.3. The van der Waals surface area contributed by atoms with E-state index in [1.54, 1.807) is 14.2 Å². The fourth-order valence-electron chi connectivity index (χ4n) is 3.40. The van der Waals surface area contributed by atoms with Crippen LogP contribution in [0.5, 0.6) is 11.5 Å². The highest BCUT2D eigenvalue weighted by atomic mass is 32.2. The van der Waals surface area contributed by atoms with Gasteiger partial charge < -0.3 is 14.4 Å². The molecule has 0 aliphatic carbocycles. The molecule has 1 aliphatic rings. The van der Waals surface area contributed by atoms with Crippen LogP contribution in [0, 0.1) is 0 Å². The van der Waals surface area contributed by atoms with Crippen LogP contribution in [0.15, 0.2) is 40.2 Å². The molecule has 1 aliphatic heterocycles. The van der Waals surface area contributed by atoms with Gasteiger partial charge in [-0.2, -0.15) is 0 Å². The summed E-state index contributed by atoms with van der Waals surface area (Å²) in [5, 5.41) is 0. The third kappa shape index (κ3) is 3.91. The normalized spacial score (nSPS) is 16.7. The zero-order chi connectivity index (χ0) is 20.5. The molecule has 8 nitrogen and oxygen atoms in total. The lowest BCUT2D eigenvalue weighted by atomic mass is 9.99. The van der Waals surface area contributed by atoms with Crippen LogP contribution in [0.4, 0.5) is 0 Å². The number of nitrogens with one attached hydrogen (secondary N) is 1. The molecule has 0 spiro atoms. The summed E-state index contributed by atoms with van der Waals surface area (Å²) in [5.41, 5.74) is 2.13. The second kappa shape index (κ2) is 7.94. The van der Waals surface area contributed by atoms with Gasteiger partial charge in [0.25, 0.3) is 5.56 Å². The molecule has 2 aromatic rings. The predicted octanol–water partition coefficient (Wildman–Crippen LogP) is -0.285. The number of rotatable bonds is 6. The van der Waals surface area contributed by atoms with E-state index in [1.807, 2.05) is 12.1 Å². The summed E-state index contributed by atoms with van der Waals surface area (Å²) in [4.78, 5) is 13.6. The highest BCUT2D eigenvalue weighted by Gasteiger charge is 2.24. The number of sulfonamides is 1. The first-order valence-electron chi connectivity index (χ1n) is 8.96. The minimum atomic E-state index is -3.59. The predicted molar refractivity (Wildman–Crippen MR) is 104 cm³/mol. The lowest BCUT2D eigenvalue weighted by molar-refractivity contribution is -0.938. The molecule has 0 amide bonds.